The Hall–Kier alpha value is -1.89. The van der Waals surface area contributed by atoms with Crippen LogP contribution < -0.4 is 5.32 Å². The summed E-state index contributed by atoms with van der Waals surface area (Å²) in [4.78, 5) is 15.9. The highest BCUT2D eigenvalue weighted by molar-refractivity contribution is 9.10. The van der Waals surface area contributed by atoms with E-state index in [9.17, 15) is 18.0 Å². The third-order valence-corrected chi connectivity index (χ3v) is 2.88. The number of pyridine rings is 1. The number of anilines is 1. The average molecular weight is 345 g/mol. The van der Waals surface area contributed by atoms with Gasteiger partial charge in [-0.25, -0.2) is 4.98 Å². The van der Waals surface area contributed by atoms with Gasteiger partial charge >= 0.3 is 6.18 Å². The van der Waals surface area contributed by atoms with Gasteiger partial charge in [-0.15, -0.1) is 0 Å². The Morgan fingerprint density at radius 2 is 1.80 bits per heavy atom. The Kier molecular flexibility index (Phi) is 4.08. The number of carbonyl (C=O) groups excluding carboxylic acids is 1. The van der Waals surface area contributed by atoms with E-state index in [1.807, 2.05) is 0 Å². The summed E-state index contributed by atoms with van der Waals surface area (Å²) < 4.78 is 38.9. The second-order valence-electron chi connectivity index (χ2n) is 3.84. The summed E-state index contributed by atoms with van der Waals surface area (Å²) in [7, 11) is 0. The van der Waals surface area contributed by atoms with Gasteiger partial charge in [-0.1, -0.05) is 18.2 Å². The van der Waals surface area contributed by atoms with E-state index in [4.69, 9.17) is 0 Å². The van der Waals surface area contributed by atoms with Crippen LogP contribution in [0.5, 0.6) is 0 Å². The average Bonchev–Trinajstić information content (AvgIpc) is 2.37. The maximum atomic E-state index is 12.8. The van der Waals surface area contributed by atoms with Gasteiger partial charge in [0.15, 0.2) is 0 Å². The molecule has 1 amide bonds. The third-order valence-electron chi connectivity index (χ3n) is 2.43. The lowest BCUT2D eigenvalue weighted by molar-refractivity contribution is -0.137. The molecule has 0 bridgehead atoms. The number of rotatable bonds is 2. The number of hydrogen-bond acceptors (Lipinski definition) is 2. The number of benzene rings is 1. The van der Waals surface area contributed by atoms with Gasteiger partial charge < -0.3 is 5.32 Å². The first-order chi connectivity index (χ1) is 9.38. The molecule has 7 heteroatoms. The summed E-state index contributed by atoms with van der Waals surface area (Å²) in [6, 6.07) is 9.33. The zero-order valence-electron chi connectivity index (χ0n) is 9.91. The Morgan fingerprint density at radius 3 is 2.45 bits per heavy atom. The highest BCUT2D eigenvalue weighted by Crippen LogP contribution is 2.32. The van der Waals surface area contributed by atoms with Crippen LogP contribution in [0.25, 0.3) is 0 Å². The smallest absolute Gasteiger partial charge is 0.307 e. The fourth-order valence-electron chi connectivity index (χ4n) is 1.59. The monoisotopic (exact) mass is 344 g/mol. The molecule has 104 valence electrons. The largest absolute Gasteiger partial charge is 0.417 e. The number of carbonyl (C=O) groups is 1. The highest BCUT2D eigenvalue weighted by Gasteiger charge is 2.34. The summed E-state index contributed by atoms with van der Waals surface area (Å²) in [5.41, 5.74) is -1.42. The van der Waals surface area contributed by atoms with E-state index in [0.29, 0.717) is 4.60 Å². The van der Waals surface area contributed by atoms with Gasteiger partial charge in [0.25, 0.3) is 5.91 Å². The van der Waals surface area contributed by atoms with Gasteiger partial charge in [-0.2, -0.15) is 13.2 Å². The van der Waals surface area contributed by atoms with E-state index in [0.717, 1.165) is 12.1 Å². The molecule has 0 radical (unpaired) electrons. The molecule has 0 aliphatic rings. The number of nitrogens with zero attached hydrogens (tertiary/aromatic N) is 1. The van der Waals surface area contributed by atoms with Crippen LogP contribution in [0.15, 0.2) is 47.1 Å². The van der Waals surface area contributed by atoms with Crippen molar-refractivity contribution in [1.29, 1.82) is 0 Å². The van der Waals surface area contributed by atoms with Crippen molar-refractivity contribution in [2.75, 3.05) is 5.32 Å². The second-order valence-corrected chi connectivity index (χ2v) is 4.66. The minimum absolute atomic E-state index is 0.168. The molecular weight excluding hydrogens is 337 g/mol. The maximum Gasteiger partial charge on any atom is 0.417 e. The Bertz CT molecular complexity index is 644. The first-order valence-electron chi connectivity index (χ1n) is 5.48. The Labute approximate surface area is 121 Å². The molecular formula is C13H8BrF3N2O. The zero-order valence-corrected chi connectivity index (χ0v) is 11.5. The quantitative estimate of drug-likeness (QED) is 0.833. The minimum Gasteiger partial charge on any atom is -0.307 e. The van der Waals surface area contributed by atoms with E-state index in [1.54, 1.807) is 12.1 Å². The molecule has 1 N–H and O–H groups in total. The van der Waals surface area contributed by atoms with E-state index in [2.05, 4.69) is 26.2 Å². The number of hydrogen-bond donors (Lipinski definition) is 1. The maximum absolute atomic E-state index is 12.8. The number of amides is 1. The predicted octanol–water partition coefficient (Wildman–Crippen LogP) is 4.12. The van der Waals surface area contributed by atoms with Crippen molar-refractivity contribution >= 4 is 27.7 Å². The molecule has 2 rings (SSSR count). The molecule has 0 saturated heterocycles. The summed E-state index contributed by atoms with van der Waals surface area (Å²) in [6.07, 6.45) is -4.58. The van der Waals surface area contributed by atoms with Crippen LogP contribution >= 0.6 is 15.9 Å². The molecule has 1 aromatic heterocycles. The SMILES string of the molecule is O=C(Nc1cccc(Br)n1)c1ccccc1C(F)(F)F. The molecule has 2 aromatic rings. The van der Waals surface area contributed by atoms with Crippen molar-refractivity contribution in [3.63, 3.8) is 0 Å². The van der Waals surface area contributed by atoms with E-state index < -0.39 is 23.2 Å². The number of halogens is 4. The lowest BCUT2D eigenvalue weighted by Gasteiger charge is -2.12. The second kappa shape index (κ2) is 5.62. The predicted molar refractivity (Wildman–Crippen MR) is 71.3 cm³/mol. The van der Waals surface area contributed by atoms with E-state index in [-0.39, 0.29) is 5.82 Å². The van der Waals surface area contributed by atoms with Crippen LogP contribution in [-0.2, 0) is 6.18 Å². The summed E-state index contributed by atoms with van der Waals surface area (Å²) in [6.45, 7) is 0. The molecule has 20 heavy (non-hydrogen) atoms. The topological polar surface area (TPSA) is 42.0 Å². The molecule has 1 aromatic carbocycles. The van der Waals surface area contributed by atoms with Gasteiger partial charge in [0.1, 0.15) is 10.4 Å². The van der Waals surface area contributed by atoms with Crippen LogP contribution in [0.4, 0.5) is 19.0 Å². The lowest BCUT2D eigenvalue weighted by atomic mass is 10.1. The van der Waals surface area contributed by atoms with Gasteiger partial charge in [-0.3, -0.25) is 4.79 Å². The molecule has 0 aliphatic heterocycles. The van der Waals surface area contributed by atoms with Crippen LogP contribution in [0.1, 0.15) is 15.9 Å². The van der Waals surface area contributed by atoms with Crippen molar-refractivity contribution in [1.82, 2.24) is 4.98 Å². The van der Waals surface area contributed by atoms with Crippen molar-refractivity contribution in [3.8, 4) is 0 Å². The molecule has 0 atom stereocenters. The summed E-state index contributed by atoms with van der Waals surface area (Å²) >= 11 is 3.11. The normalized spacial score (nSPS) is 11.2. The first-order valence-corrected chi connectivity index (χ1v) is 6.27. The molecule has 0 fully saturated rings. The minimum atomic E-state index is -4.58. The molecule has 0 unspecified atom stereocenters. The van der Waals surface area contributed by atoms with Crippen LogP contribution in [0.3, 0.4) is 0 Å². The molecule has 0 spiro atoms. The fourth-order valence-corrected chi connectivity index (χ4v) is 1.93. The zero-order chi connectivity index (χ0) is 14.8. The first kappa shape index (κ1) is 14.5. The van der Waals surface area contributed by atoms with Gasteiger partial charge in [0.05, 0.1) is 11.1 Å². The van der Waals surface area contributed by atoms with Crippen LogP contribution in [-0.4, -0.2) is 10.9 Å². The van der Waals surface area contributed by atoms with Crippen molar-refractivity contribution in [2.45, 2.75) is 6.18 Å². The molecule has 0 saturated carbocycles. The van der Waals surface area contributed by atoms with Gasteiger partial charge in [-0.05, 0) is 40.2 Å². The fraction of sp³-hybridized carbons (Fsp3) is 0.0769. The van der Waals surface area contributed by atoms with E-state index in [1.165, 1.54) is 18.2 Å². The standard InChI is InChI=1S/C13H8BrF3N2O/c14-10-6-3-7-11(18-10)19-12(20)8-4-1-2-5-9(8)13(15,16)17/h1-7H,(H,18,19,20). The van der Waals surface area contributed by atoms with Crippen molar-refractivity contribution < 1.29 is 18.0 Å². The van der Waals surface area contributed by atoms with Crippen LogP contribution in [0, 0.1) is 0 Å². The van der Waals surface area contributed by atoms with Crippen molar-refractivity contribution in [2.24, 2.45) is 0 Å². The van der Waals surface area contributed by atoms with Gasteiger partial charge in [0.2, 0.25) is 0 Å². The Balaban J connectivity index is 2.31. The van der Waals surface area contributed by atoms with E-state index >= 15 is 0 Å². The highest BCUT2D eigenvalue weighted by atomic mass is 79.9. The number of aromatic nitrogens is 1. The summed E-state index contributed by atoms with van der Waals surface area (Å²) in [5, 5.41) is 2.33. The number of alkyl halides is 3. The summed E-state index contributed by atoms with van der Waals surface area (Å²) in [5.74, 6) is -0.690. The lowest BCUT2D eigenvalue weighted by Crippen LogP contribution is -2.19. The third kappa shape index (κ3) is 3.36. The number of nitrogens with one attached hydrogen (secondary N) is 1. The molecule has 0 aliphatic carbocycles. The molecule has 1 heterocycles. The Morgan fingerprint density at radius 1 is 1.10 bits per heavy atom. The van der Waals surface area contributed by atoms with Crippen molar-refractivity contribution in [3.05, 3.63) is 58.2 Å². The van der Waals surface area contributed by atoms with Crippen LogP contribution in [0.2, 0.25) is 0 Å². The molecule has 3 nitrogen and oxygen atoms in total. The van der Waals surface area contributed by atoms with Gasteiger partial charge in [0, 0.05) is 0 Å².